The number of allylic oxidation sites excluding steroid dienone is 1. The fourth-order valence-corrected chi connectivity index (χ4v) is 4.55. The highest BCUT2D eigenvalue weighted by Crippen LogP contribution is 2.58. The van der Waals surface area contributed by atoms with E-state index < -0.39 is 0 Å². The lowest BCUT2D eigenvalue weighted by Crippen LogP contribution is -2.34. The van der Waals surface area contributed by atoms with Crippen molar-refractivity contribution in [3.8, 4) is 0 Å². The van der Waals surface area contributed by atoms with Crippen LogP contribution in [-0.2, 0) is 4.74 Å². The Bertz CT molecular complexity index is 307. The summed E-state index contributed by atoms with van der Waals surface area (Å²) in [6.45, 7) is 7.61. The van der Waals surface area contributed by atoms with Gasteiger partial charge in [-0.15, -0.1) is 0 Å². The molecule has 0 aromatic heterocycles. The zero-order valence-electron chi connectivity index (χ0n) is 10.0. The van der Waals surface area contributed by atoms with Crippen molar-refractivity contribution in [1.29, 1.82) is 0 Å². The van der Waals surface area contributed by atoms with Gasteiger partial charge in [-0.1, -0.05) is 26.0 Å². The van der Waals surface area contributed by atoms with Crippen LogP contribution in [0.15, 0.2) is 25.0 Å². The molecule has 16 heavy (non-hydrogen) atoms. The Hall–Kier alpha value is -0.720. The number of hydrogen-bond donors (Lipinski definition) is 0. The smallest absolute Gasteiger partial charge is 0.111 e. The predicted molar refractivity (Wildman–Crippen MR) is 65.9 cm³/mol. The summed E-state index contributed by atoms with van der Waals surface area (Å²) in [5, 5.41) is 0. The molecule has 0 aromatic rings. The van der Waals surface area contributed by atoms with Gasteiger partial charge in [-0.05, 0) is 55.4 Å². The molecule has 0 N–H and O–H groups in total. The number of fused-ring (bicyclic) bond motifs is 5. The average Bonchev–Trinajstić information content (AvgIpc) is 2.87. The molecule has 2 bridgehead atoms. The molecule has 0 aromatic carbocycles. The Morgan fingerprint density at radius 3 is 2.56 bits per heavy atom. The lowest BCUT2D eigenvalue weighted by atomic mass is 9.70. The van der Waals surface area contributed by atoms with Gasteiger partial charge < -0.3 is 4.74 Å². The van der Waals surface area contributed by atoms with Crippen molar-refractivity contribution in [2.45, 2.75) is 44.6 Å². The van der Waals surface area contributed by atoms with Gasteiger partial charge in [-0.2, -0.15) is 0 Å². The third kappa shape index (κ3) is 1.52. The SMILES string of the molecule is C=CC(=C)OC1CC2CC1C1CCCCC21. The molecule has 1 heteroatoms. The quantitative estimate of drug-likeness (QED) is 0.515. The Kier molecular flexibility index (Phi) is 2.57. The molecule has 0 saturated heterocycles. The van der Waals surface area contributed by atoms with E-state index in [0.29, 0.717) is 6.10 Å². The maximum absolute atomic E-state index is 5.93. The summed E-state index contributed by atoms with van der Waals surface area (Å²) < 4.78 is 5.93. The summed E-state index contributed by atoms with van der Waals surface area (Å²) in [5.41, 5.74) is 0. The Morgan fingerprint density at radius 2 is 1.81 bits per heavy atom. The molecule has 0 radical (unpaired) electrons. The lowest BCUT2D eigenvalue weighted by molar-refractivity contribution is 0.0146. The van der Waals surface area contributed by atoms with Gasteiger partial charge in [0.2, 0.25) is 0 Å². The van der Waals surface area contributed by atoms with Crippen LogP contribution in [0.25, 0.3) is 0 Å². The third-order valence-electron chi connectivity index (χ3n) is 5.15. The summed E-state index contributed by atoms with van der Waals surface area (Å²) in [7, 11) is 0. The molecular weight excluding hydrogens is 196 g/mol. The fraction of sp³-hybridized carbons (Fsp3) is 0.733. The molecular formula is C15H22O. The second-order valence-electron chi connectivity index (χ2n) is 5.83. The van der Waals surface area contributed by atoms with E-state index in [1.54, 1.807) is 6.08 Å². The monoisotopic (exact) mass is 218 g/mol. The molecule has 0 aliphatic heterocycles. The van der Waals surface area contributed by atoms with Crippen molar-refractivity contribution < 1.29 is 4.74 Å². The van der Waals surface area contributed by atoms with Crippen LogP contribution in [-0.4, -0.2) is 6.10 Å². The summed E-state index contributed by atoms with van der Waals surface area (Å²) in [6, 6.07) is 0. The Balaban J connectivity index is 1.69. The van der Waals surface area contributed by atoms with Crippen molar-refractivity contribution >= 4 is 0 Å². The van der Waals surface area contributed by atoms with Gasteiger partial charge in [0.1, 0.15) is 11.9 Å². The van der Waals surface area contributed by atoms with Crippen molar-refractivity contribution in [1.82, 2.24) is 0 Å². The predicted octanol–water partition coefficient (Wildman–Crippen LogP) is 3.92. The lowest BCUT2D eigenvalue weighted by Gasteiger charge is -2.38. The van der Waals surface area contributed by atoms with Crippen LogP contribution in [0.4, 0.5) is 0 Å². The van der Waals surface area contributed by atoms with Crippen LogP contribution in [0, 0.1) is 23.7 Å². The normalized spacial score (nSPS) is 45.1. The molecule has 0 spiro atoms. The molecule has 0 heterocycles. The van der Waals surface area contributed by atoms with Gasteiger partial charge in [0.25, 0.3) is 0 Å². The van der Waals surface area contributed by atoms with E-state index >= 15 is 0 Å². The summed E-state index contributed by atoms with van der Waals surface area (Å²) in [6.07, 6.45) is 10.7. The first-order chi connectivity index (χ1) is 7.79. The van der Waals surface area contributed by atoms with Crippen LogP contribution in [0.5, 0.6) is 0 Å². The Morgan fingerprint density at radius 1 is 1.06 bits per heavy atom. The number of ether oxygens (including phenoxy) is 1. The van der Waals surface area contributed by atoms with E-state index in [0.717, 1.165) is 29.4 Å². The maximum atomic E-state index is 5.93. The molecule has 3 aliphatic carbocycles. The number of rotatable bonds is 3. The maximum Gasteiger partial charge on any atom is 0.111 e. The van der Waals surface area contributed by atoms with Gasteiger partial charge in [-0.3, -0.25) is 0 Å². The van der Waals surface area contributed by atoms with Crippen molar-refractivity contribution in [2.24, 2.45) is 23.7 Å². The highest BCUT2D eigenvalue weighted by atomic mass is 16.5. The van der Waals surface area contributed by atoms with Gasteiger partial charge >= 0.3 is 0 Å². The second-order valence-corrected chi connectivity index (χ2v) is 5.83. The van der Waals surface area contributed by atoms with Crippen LogP contribution >= 0.6 is 0 Å². The summed E-state index contributed by atoms with van der Waals surface area (Å²) in [4.78, 5) is 0. The highest BCUT2D eigenvalue weighted by molar-refractivity contribution is 5.07. The molecule has 1 nitrogen and oxygen atoms in total. The zero-order chi connectivity index (χ0) is 11.1. The molecule has 5 unspecified atom stereocenters. The topological polar surface area (TPSA) is 9.23 Å². The molecule has 3 rings (SSSR count). The highest BCUT2D eigenvalue weighted by Gasteiger charge is 2.53. The molecule has 3 aliphatic rings. The largest absolute Gasteiger partial charge is 0.491 e. The summed E-state index contributed by atoms with van der Waals surface area (Å²) >= 11 is 0. The van der Waals surface area contributed by atoms with Gasteiger partial charge in [-0.25, -0.2) is 0 Å². The third-order valence-corrected chi connectivity index (χ3v) is 5.15. The first-order valence-electron chi connectivity index (χ1n) is 6.77. The van der Waals surface area contributed by atoms with E-state index in [9.17, 15) is 0 Å². The molecule has 5 atom stereocenters. The zero-order valence-corrected chi connectivity index (χ0v) is 10.0. The van der Waals surface area contributed by atoms with Gasteiger partial charge in [0.05, 0.1) is 0 Å². The standard InChI is InChI=1S/C15H22O/c1-3-10(2)16-15-9-11-8-14(15)13-7-5-4-6-12(11)13/h3,11-15H,1-2,4-9H2. The Labute approximate surface area is 98.6 Å². The minimum Gasteiger partial charge on any atom is -0.491 e. The van der Waals surface area contributed by atoms with Gasteiger partial charge in [0, 0.05) is 0 Å². The van der Waals surface area contributed by atoms with Crippen LogP contribution in [0.2, 0.25) is 0 Å². The van der Waals surface area contributed by atoms with Gasteiger partial charge in [0.15, 0.2) is 0 Å². The van der Waals surface area contributed by atoms with Crippen molar-refractivity contribution in [3.05, 3.63) is 25.0 Å². The first kappa shape index (κ1) is 10.4. The minimum absolute atomic E-state index is 0.454. The molecule has 88 valence electrons. The van der Waals surface area contributed by atoms with E-state index in [4.69, 9.17) is 4.74 Å². The minimum atomic E-state index is 0.454. The second kappa shape index (κ2) is 3.94. The van der Waals surface area contributed by atoms with E-state index in [1.807, 2.05) is 0 Å². The van der Waals surface area contributed by atoms with Crippen LogP contribution in [0.1, 0.15) is 38.5 Å². The fourth-order valence-electron chi connectivity index (χ4n) is 4.55. The molecule has 3 fully saturated rings. The molecule has 0 amide bonds. The number of hydrogen-bond acceptors (Lipinski definition) is 1. The van der Waals surface area contributed by atoms with E-state index in [2.05, 4.69) is 13.2 Å². The van der Waals surface area contributed by atoms with Crippen LogP contribution in [0.3, 0.4) is 0 Å². The van der Waals surface area contributed by atoms with E-state index in [-0.39, 0.29) is 0 Å². The first-order valence-corrected chi connectivity index (χ1v) is 6.77. The average molecular weight is 218 g/mol. The van der Waals surface area contributed by atoms with Crippen molar-refractivity contribution in [2.75, 3.05) is 0 Å². The summed E-state index contributed by atoms with van der Waals surface area (Å²) in [5.74, 6) is 4.56. The van der Waals surface area contributed by atoms with Crippen molar-refractivity contribution in [3.63, 3.8) is 0 Å². The molecule has 3 saturated carbocycles. The van der Waals surface area contributed by atoms with E-state index in [1.165, 1.54) is 38.5 Å². The van der Waals surface area contributed by atoms with Crippen LogP contribution < -0.4 is 0 Å².